The summed E-state index contributed by atoms with van der Waals surface area (Å²) in [5.41, 5.74) is 0.654. The maximum atomic E-state index is 9.73. The minimum atomic E-state index is -1.45. The van der Waals surface area contributed by atoms with Crippen molar-refractivity contribution in [2.75, 3.05) is 0 Å². The van der Waals surface area contributed by atoms with Crippen molar-refractivity contribution in [2.45, 2.75) is 32.5 Å². The number of aromatic hydroxyl groups is 1. The molecule has 1 rings (SSSR count). The lowest BCUT2D eigenvalue weighted by Crippen LogP contribution is -2.44. The van der Waals surface area contributed by atoms with Gasteiger partial charge in [0.15, 0.2) is 0 Å². The number of hydrogen-bond donors (Lipinski definition) is 1. The van der Waals surface area contributed by atoms with Gasteiger partial charge in [-0.3, -0.25) is 0 Å². The molecular weight excluding hydrogens is 176 g/mol. The smallest absolute Gasteiger partial charge is 0.114 e. The van der Waals surface area contributed by atoms with Crippen LogP contribution < -0.4 is 5.19 Å². The fourth-order valence-corrected chi connectivity index (χ4v) is 3.22. The van der Waals surface area contributed by atoms with E-state index in [1.807, 2.05) is 12.1 Å². The first-order valence-electron chi connectivity index (χ1n) is 4.74. The first-order valence-corrected chi connectivity index (χ1v) is 7.82. The summed E-state index contributed by atoms with van der Waals surface area (Å²) in [5, 5.41) is 10.9. The topological polar surface area (TPSA) is 20.2 Å². The van der Waals surface area contributed by atoms with E-state index in [4.69, 9.17) is 0 Å². The van der Waals surface area contributed by atoms with E-state index in [2.05, 4.69) is 33.0 Å². The lowest BCUT2D eigenvalue weighted by atomic mass is 10.3. The third-order valence-corrected chi connectivity index (χ3v) is 7.74. The normalized spacial score (nSPS) is 12.1. The van der Waals surface area contributed by atoms with E-state index in [0.717, 1.165) is 0 Å². The van der Waals surface area contributed by atoms with Gasteiger partial charge in [0.05, 0.1) is 8.07 Å². The zero-order chi connectivity index (χ0) is 10.1. The molecule has 72 valence electrons. The van der Waals surface area contributed by atoms with Gasteiger partial charge in [0.2, 0.25) is 0 Å². The Kier molecular flexibility index (Phi) is 2.81. The molecule has 0 aliphatic heterocycles. The summed E-state index contributed by atoms with van der Waals surface area (Å²) in [4.78, 5) is 0. The van der Waals surface area contributed by atoms with Gasteiger partial charge >= 0.3 is 0 Å². The van der Waals surface area contributed by atoms with Gasteiger partial charge < -0.3 is 5.11 Å². The van der Waals surface area contributed by atoms with Gasteiger partial charge in [-0.15, -0.1) is 0 Å². The minimum absolute atomic E-state index is 0.466. The maximum absolute atomic E-state index is 9.73. The molecule has 0 saturated carbocycles. The Morgan fingerprint density at radius 2 is 1.69 bits per heavy atom. The van der Waals surface area contributed by atoms with Crippen molar-refractivity contribution in [3.05, 3.63) is 24.3 Å². The van der Waals surface area contributed by atoms with E-state index >= 15 is 0 Å². The van der Waals surface area contributed by atoms with Gasteiger partial charge in [0, 0.05) is 0 Å². The van der Waals surface area contributed by atoms with Crippen LogP contribution in [-0.2, 0) is 0 Å². The molecule has 0 aliphatic rings. The SMILES string of the molecule is CC(C)[Si](C)(C)c1ccccc1O. The summed E-state index contributed by atoms with van der Waals surface area (Å²) in [7, 11) is -1.45. The Balaban J connectivity index is 3.14. The molecule has 13 heavy (non-hydrogen) atoms. The molecule has 1 aromatic rings. The van der Waals surface area contributed by atoms with Crippen molar-refractivity contribution < 1.29 is 5.11 Å². The summed E-state index contributed by atoms with van der Waals surface area (Å²) in [6, 6.07) is 7.73. The average Bonchev–Trinajstić information content (AvgIpc) is 2.04. The highest BCUT2D eigenvalue weighted by Crippen LogP contribution is 2.23. The number of para-hydroxylation sites is 1. The third kappa shape index (κ3) is 1.94. The van der Waals surface area contributed by atoms with Crippen LogP contribution in [0.5, 0.6) is 5.75 Å². The van der Waals surface area contributed by atoms with E-state index in [1.165, 1.54) is 5.19 Å². The van der Waals surface area contributed by atoms with Gasteiger partial charge in [-0.2, -0.15) is 0 Å². The van der Waals surface area contributed by atoms with Gasteiger partial charge in [0.1, 0.15) is 5.75 Å². The molecular formula is C11H18OSi. The van der Waals surface area contributed by atoms with Crippen LogP contribution in [0.2, 0.25) is 18.6 Å². The highest BCUT2D eigenvalue weighted by molar-refractivity contribution is 6.91. The molecule has 0 aromatic heterocycles. The number of phenols is 1. The van der Waals surface area contributed by atoms with Gasteiger partial charge in [-0.1, -0.05) is 45.1 Å². The first-order chi connectivity index (χ1) is 5.96. The van der Waals surface area contributed by atoms with Gasteiger partial charge in [-0.25, -0.2) is 0 Å². The van der Waals surface area contributed by atoms with E-state index in [0.29, 0.717) is 11.3 Å². The highest BCUT2D eigenvalue weighted by atomic mass is 28.3. The highest BCUT2D eigenvalue weighted by Gasteiger charge is 2.29. The molecule has 0 saturated heterocycles. The van der Waals surface area contributed by atoms with Gasteiger partial charge in [-0.05, 0) is 16.8 Å². The lowest BCUT2D eigenvalue weighted by molar-refractivity contribution is 0.479. The molecule has 0 bridgehead atoms. The quantitative estimate of drug-likeness (QED) is 0.718. The van der Waals surface area contributed by atoms with Crippen LogP contribution in [0.15, 0.2) is 24.3 Å². The van der Waals surface area contributed by atoms with Crippen LogP contribution in [0, 0.1) is 0 Å². The first kappa shape index (κ1) is 10.3. The minimum Gasteiger partial charge on any atom is -0.508 e. The zero-order valence-corrected chi connectivity index (χ0v) is 9.83. The summed E-state index contributed by atoms with van der Waals surface area (Å²) < 4.78 is 0. The van der Waals surface area contributed by atoms with E-state index in [-0.39, 0.29) is 0 Å². The van der Waals surface area contributed by atoms with Crippen molar-refractivity contribution in [3.8, 4) is 5.75 Å². The van der Waals surface area contributed by atoms with E-state index in [1.54, 1.807) is 6.07 Å². The van der Waals surface area contributed by atoms with Crippen LogP contribution in [0.1, 0.15) is 13.8 Å². The second kappa shape index (κ2) is 3.54. The Labute approximate surface area is 81.4 Å². The standard InChI is InChI=1S/C11H18OSi/c1-9(2)13(3,4)11-8-6-5-7-10(11)12/h5-9,12H,1-4H3. The molecule has 0 atom stereocenters. The fourth-order valence-electron chi connectivity index (χ4n) is 1.33. The number of benzene rings is 1. The predicted molar refractivity (Wildman–Crippen MR) is 60.3 cm³/mol. The van der Waals surface area contributed by atoms with Crippen LogP contribution in [-0.4, -0.2) is 13.2 Å². The molecule has 1 nitrogen and oxygen atoms in total. The molecule has 0 radical (unpaired) electrons. The van der Waals surface area contributed by atoms with Gasteiger partial charge in [0.25, 0.3) is 0 Å². The molecule has 0 spiro atoms. The summed E-state index contributed by atoms with van der Waals surface area (Å²) in [6.45, 7) is 9.07. The maximum Gasteiger partial charge on any atom is 0.114 e. The van der Waals surface area contributed by atoms with Crippen LogP contribution in [0.4, 0.5) is 0 Å². The fraction of sp³-hybridized carbons (Fsp3) is 0.455. The summed E-state index contributed by atoms with van der Waals surface area (Å²) in [6.07, 6.45) is 0. The Morgan fingerprint density at radius 3 is 2.15 bits per heavy atom. The zero-order valence-electron chi connectivity index (χ0n) is 8.83. The molecule has 0 aliphatic carbocycles. The van der Waals surface area contributed by atoms with Crippen LogP contribution in [0.3, 0.4) is 0 Å². The summed E-state index contributed by atoms with van der Waals surface area (Å²) >= 11 is 0. The molecule has 0 fully saturated rings. The molecule has 2 heteroatoms. The Morgan fingerprint density at radius 1 is 1.15 bits per heavy atom. The monoisotopic (exact) mass is 194 g/mol. The number of rotatable bonds is 2. The van der Waals surface area contributed by atoms with Crippen molar-refractivity contribution in [3.63, 3.8) is 0 Å². The second-order valence-corrected chi connectivity index (χ2v) is 9.53. The van der Waals surface area contributed by atoms with Crippen molar-refractivity contribution in [2.24, 2.45) is 0 Å². The third-order valence-electron chi connectivity index (χ3n) is 3.04. The van der Waals surface area contributed by atoms with Crippen LogP contribution in [0.25, 0.3) is 0 Å². The molecule has 0 amide bonds. The number of phenolic OH excluding ortho intramolecular Hbond substituents is 1. The van der Waals surface area contributed by atoms with Crippen molar-refractivity contribution in [1.29, 1.82) is 0 Å². The van der Waals surface area contributed by atoms with E-state index < -0.39 is 8.07 Å². The predicted octanol–water partition coefficient (Wildman–Crippen LogP) is 2.72. The second-order valence-electron chi connectivity index (χ2n) is 4.39. The lowest BCUT2D eigenvalue weighted by Gasteiger charge is -2.27. The van der Waals surface area contributed by atoms with E-state index in [9.17, 15) is 5.11 Å². The van der Waals surface area contributed by atoms with Crippen molar-refractivity contribution >= 4 is 13.3 Å². The Bertz CT molecular complexity index is 292. The Hall–Kier alpha value is -0.763. The van der Waals surface area contributed by atoms with Crippen LogP contribution >= 0.6 is 0 Å². The number of hydrogen-bond acceptors (Lipinski definition) is 1. The molecule has 1 N–H and O–H groups in total. The largest absolute Gasteiger partial charge is 0.508 e. The molecule has 0 heterocycles. The molecule has 0 unspecified atom stereocenters. The summed E-state index contributed by atoms with van der Waals surface area (Å²) in [5.74, 6) is 0.466. The molecule has 1 aromatic carbocycles. The van der Waals surface area contributed by atoms with Crippen molar-refractivity contribution in [1.82, 2.24) is 0 Å². The average molecular weight is 194 g/mol.